The van der Waals surface area contributed by atoms with Gasteiger partial charge in [0.25, 0.3) is 10.1 Å². The number of nitrogens with one attached hydrogen (secondary N) is 2. The summed E-state index contributed by atoms with van der Waals surface area (Å²) in [5.41, 5.74) is 0. The van der Waals surface area contributed by atoms with Gasteiger partial charge in [0, 0.05) is 6.54 Å². The van der Waals surface area contributed by atoms with Gasteiger partial charge in [0.1, 0.15) is 6.10 Å². The van der Waals surface area contributed by atoms with Gasteiger partial charge in [-0.25, -0.2) is 4.79 Å². The lowest BCUT2D eigenvalue weighted by Crippen LogP contribution is -2.31. The van der Waals surface area contributed by atoms with E-state index in [1.165, 1.54) is 0 Å². The fraction of sp³-hybridized carbons (Fsp3) is 0.800. The summed E-state index contributed by atoms with van der Waals surface area (Å²) in [7, 11) is -3.87. The number of carbonyl (C=O) groups is 1. The van der Waals surface area contributed by atoms with E-state index in [2.05, 4.69) is 22.8 Å². The molecule has 0 aliphatic heterocycles. The van der Waals surface area contributed by atoms with Crippen LogP contribution in [0.5, 0.6) is 0 Å². The maximum absolute atomic E-state index is 11.7. The van der Waals surface area contributed by atoms with E-state index in [0.717, 1.165) is 38.5 Å². The van der Waals surface area contributed by atoms with E-state index in [0.29, 0.717) is 26.1 Å². The van der Waals surface area contributed by atoms with Gasteiger partial charge in [0.15, 0.2) is 0 Å². The highest BCUT2D eigenvalue weighted by Gasteiger charge is 2.14. The van der Waals surface area contributed by atoms with Crippen LogP contribution < -0.4 is 10.6 Å². The molecule has 3 N–H and O–H groups in total. The highest BCUT2D eigenvalue weighted by atomic mass is 32.2. The van der Waals surface area contributed by atoms with Gasteiger partial charge in [0.2, 0.25) is 0 Å². The van der Waals surface area contributed by atoms with Gasteiger partial charge < -0.3 is 15.4 Å². The number of alkyl carbamates (subject to hydrolysis) is 1. The first-order valence-corrected chi connectivity index (χ1v) is 9.83. The Balaban J connectivity index is 1.98. The lowest BCUT2D eigenvalue weighted by molar-refractivity contribution is 0.0864. The molecule has 1 aliphatic carbocycles. The molecule has 0 saturated heterocycles. The summed E-state index contributed by atoms with van der Waals surface area (Å²) < 4.78 is 35.0. The van der Waals surface area contributed by atoms with E-state index >= 15 is 0 Å². The third-order valence-electron chi connectivity index (χ3n) is 3.55. The van der Waals surface area contributed by atoms with Gasteiger partial charge in [-0.1, -0.05) is 12.2 Å². The van der Waals surface area contributed by atoms with Crippen molar-refractivity contribution in [3.8, 4) is 0 Å². The second-order valence-electron chi connectivity index (χ2n) is 5.68. The van der Waals surface area contributed by atoms with Gasteiger partial charge in [-0.3, -0.25) is 4.55 Å². The van der Waals surface area contributed by atoms with Crippen LogP contribution in [0.1, 0.15) is 44.9 Å². The zero-order valence-corrected chi connectivity index (χ0v) is 14.3. The zero-order valence-electron chi connectivity index (χ0n) is 13.5. The number of allylic oxidation sites excluding steroid dienone is 2. The van der Waals surface area contributed by atoms with Crippen molar-refractivity contribution in [1.29, 1.82) is 0 Å². The van der Waals surface area contributed by atoms with Gasteiger partial charge in [-0.05, 0) is 58.0 Å². The largest absolute Gasteiger partial charge is 0.446 e. The Labute approximate surface area is 138 Å². The van der Waals surface area contributed by atoms with Crippen LogP contribution >= 0.6 is 0 Å². The van der Waals surface area contributed by atoms with Gasteiger partial charge >= 0.3 is 6.09 Å². The molecule has 1 rings (SSSR count). The third kappa shape index (κ3) is 12.0. The van der Waals surface area contributed by atoms with Crippen LogP contribution in [-0.4, -0.2) is 50.6 Å². The molecule has 1 atom stereocenters. The SMILES string of the molecule is O=C(NCCCNCCCS(=O)(=O)O)OC1CC/C=C/CCC1. The molecule has 23 heavy (non-hydrogen) atoms. The number of ether oxygens (including phenoxy) is 1. The van der Waals surface area contributed by atoms with Crippen LogP contribution in [0.2, 0.25) is 0 Å². The summed E-state index contributed by atoms with van der Waals surface area (Å²) in [6, 6.07) is 0. The minimum absolute atomic E-state index is 0.00138. The van der Waals surface area contributed by atoms with Crippen LogP contribution in [0.3, 0.4) is 0 Å². The van der Waals surface area contributed by atoms with Crippen molar-refractivity contribution in [3.63, 3.8) is 0 Å². The molecule has 0 spiro atoms. The molecular formula is C15H28N2O5S. The van der Waals surface area contributed by atoms with Crippen LogP contribution in [0.4, 0.5) is 4.79 Å². The molecule has 1 aliphatic rings. The summed E-state index contributed by atoms with van der Waals surface area (Å²) in [5.74, 6) is -0.235. The Morgan fingerprint density at radius 2 is 1.87 bits per heavy atom. The average Bonchev–Trinajstić information content (AvgIpc) is 2.43. The summed E-state index contributed by atoms with van der Waals surface area (Å²) in [4.78, 5) is 11.7. The van der Waals surface area contributed by atoms with Gasteiger partial charge in [0.05, 0.1) is 5.75 Å². The quantitative estimate of drug-likeness (QED) is 0.334. The number of hydrogen-bond acceptors (Lipinski definition) is 5. The Morgan fingerprint density at radius 1 is 1.13 bits per heavy atom. The minimum atomic E-state index is -3.87. The maximum atomic E-state index is 11.7. The first-order chi connectivity index (χ1) is 11.0. The number of rotatable bonds is 9. The van der Waals surface area contributed by atoms with Gasteiger partial charge in [-0.15, -0.1) is 0 Å². The Hall–Kier alpha value is -1.12. The van der Waals surface area contributed by atoms with Gasteiger partial charge in [-0.2, -0.15) is 8.42 Å². The molecule has 8 heteroatoms. The van der Waals surface area contributed by atoms with E-state index in [1.807, 2.05) is 0 Å². The Morgan fingerprint density at radius 3 is 2.65 bits per heavy atom. The van der Waals surface area contributed by atoms with E-state index in [1.54, 1.807) is 0 Å². The van der Waals surface area contributed by atoms with Crippen molar-refractivity contribution in [3.05, 3.63) is 12.2 Å². The van der Waals surface area contributed by atoms with E-state index in [4.69, 9.17) is 9.29 Å². The van der Waals surface area contributed by atoms with Crippen LogP contribution in [0.25, 0.3) is 0 Å². The second-order valence-corrected chi connectivity index (χ2v) is 7.25. The Bertz CT molecular complexity index is 464. The van der Waals surface area contributed by atoms with Crippen molar-refractivity contribution in [2.24, 2.45) is 0 Å². The summed E-state index contributed by atoms with van der Waals surface area (Å²) in [5, 5.41) is 5.78. The number of carbonyl (C=O) groups excluding carboxylic acids is 1. The van der Waals surface area contributed by atoms with E-state index in [-0.39, 0.29) is 18.0 Å². The normalized spacial score (nSPS) is 20.3. The monoisotopic (exact) mass is 348 g/mol. The highest BCUT2D eigenvalue weighted by Crippen LogP contribution is 2.15. The lowest BCUT2D eigenvalue weighted by Gasteiger charge is -2.18. The Kier molecular flexibility index (Phi) is 9.89. The summed E-state index contributed by atoms with van der Waals surface area (Å²) in [6.45, 7) is 1.69. The molecule has 0 radical (unpaired) electrons. The number of hydrogen-bond donors (Lipinski definition) is 3. The predicted molar refractivity (Wildman–Crippen MR) is 89.0 cm³/mol. The van der Waals surface area contributed by atoms with Crippen molar-refractivity contribution in [1.82, 2.24) is 10.6 Å². The standard InChI is InChI=1S/C15H28N2O5S/c18-15(22-14-8-4-2-1-3-5-9-14)17-12-6-10-16-11-7-13-23(19,20)21/h1-2,14,16H,3-13H2,(H,17,18)(H,19,20,21)/b2-1+. The molecule has 0 heterocycles. The molecule has 0 fully saturated rings. The topological polar surface area (TPSA) is 105 Å². The molecule has 0 saturated carbocycles. The third-order valence-corrected chi connectivity index (χ3v) is 4.35. The van der Waals surface area contributed by atoms with Crippen LogP contribution in [0, 0.1) is 0 Å². The van der Waals surface area contributed by atoms with Crippen molar-refractivity contribution in [2.45, 2.75) is 51.0 Å². The molecule has 1 unspecified atom stereocenters. The van der Waals surface area contributed by atoms with Crippen molar-refractivity contribution < 1.29 is 22.5 Å². The molecule has 0 aromatic carbocycles. The summed E-state index contributed by atoms with van der Waals surface area (Å²) in [6.07, 6.45) is 9.87. The first kappa shape index (κ1) is 19.9. The number of amides is 1. The molecule has 1 amide bonds. The minimum Gasteiger partial charge on any atom is -0.446 e. The predicted octanol–water partition coefficient (Wildman–Crippen LogP) is 1.86. The molecule has 134 valence electrons. The summed E-state index contributed by atoms with van der Waals surface area (Å²) >= 11 is 0. The highest BCUT2D eigenvalue weighted by molar-refractivity contribution is 7.85. The van der Waals surface area contributed by atoms with Crippen molar-refractivity contribution in [2.75, 3.05) is 25.4 Å². The second kappa shape index (κ2) is 11.4. The van der Waals surface area contributed by atoms with Crippen LogP contribution in [0.15, 0.2) is 12.2 Å². The van der Waals surface area contributed by atoms with E-state index < -0.39 is 10.1 Å². The molecule has 0 aromatic rings. The van der Waals surface area contributed by atoms with Crippen molar-refractivity contribution >= 4 is 16.2 Å². The molecular weight excluding hydrogens is 320 g/mol. The average molecular weight is 348 g/mol. The molecule has 0 bridgehead atoms. The van der Waals surface area contributed by atoms with E-state index in [9.17, 15) is 13.2 Å². The fourth-order valence-electron chi connectivity index (χ4n) is 2.34. The fourth-order valence-corrected chi connectivity index (χ4v) is 2.85. The van der Waals surface area contributed by atoms with Crippen LogP contribution in [-0.2, 0) is 14.9 Å². The molecule has 7 nitrogen and oxygen atoms in total. The lowest BCUT2D eigenvalue weighted by atomic mass is 10.0. The molecule has 0 aromatic heterocycles. The zero-order chi connectivity index (χ0) is 17.0. The maximum Gasteiger partial charge on any atom is 0.407 e. The smallest absolute Gasteiger partial charge is 0.407 e. The first-order valence-electron chi connectivity index (χ1n) is 8.23.